The molecule has 4 heteroatoms. The molecule has 0 spiro atoms. The topological polar surface area (TPSA) is 50.4 Å². The number of aryl methyl sites for hydroxylation is 1. The van der Waals surface area contributed by atoms with Gasteiger partial charge >= 0.3 is 0 Å². The van der Waals surface area contributed by atoms with Crippen molar-refractivity contribution in [1.29, 1.82) is 0 Å². The van der Waals surface area contributed by atoms with Crippen LogP contribution in [0.5, 0.6) is 5.75 Å². The number of carbonyl (C=O) groups is 1. The van der Waals surface area contributed by atoms with Crippen LogP contribution in [0.4, 0.5) is 0 Å². The van der Waals surface area contributed by atoms with Gasteiger partial charge in [-0.2, -0.15) is 0 Å². The number of nitrogens with one attached hydrogen (secondary N) is 2. The van der Waals surface area contributed by atoms with E-state index in [0.29, 0.717) is 5.92 Å². The maximum absolute atomic E-state index is 12.1. The average molecular weight is 260 g/mol. The average Bonchev–Trinajstić information content (AvgIpc) is 2.97. The van der Waals surface area contributed by atoms with Gasteiger partial charge in [-0.3, -0.25) is 4.79 Å². The van der Waals surface area contributed by atoms with Crippen molar-refractivity contribution in [3.05, 3.63) is 29.3 Å². The zero-order valence-corrected chi connectivity index (χ0v) is 11.1. The molecule has 2 N–H and O–H groups in total. The monoisotopic (exact) mass is 260 g/mol. The molecule has 2 aliphatic heterocycles. The Labute approximate surface area is 113 Å². The SMILES string of the molecule is O=C(NCC1CCNC1)c1ccc2c(c1)CCCO2. The zero-order chi connectivity index (χ0) is 13.1. The molecular weight excluding hydrogens is 240 g/mol. The summed E-state index contributed by atoms with van der Waals surface area (Å²) in [6, 6.07) is 5.74. The van der Waals surface area contributed by atoms with Crippen LogP contribution in [0.25, 0.3) is 0 Å². The zero-order valence-electron chi connectivity index (χ0n) is 11.1. The van der Waals surface area contributed by atoms with Crippen LogP contribution >= 0.6 is 0 Å². The number of carbonyl (C=O) groups excluding carboxylic acids is 1. The molecule has 1 aromatic carbocycles. The number of hydrogen-bond acceptors (Lipinski definition) is 3. The first-order valence-electron chi connectivity index (χ1n) is 7.07. The second-order valence-corrected chi connectivity index (χ2v) is 5.34. The normalized spacial score (nSPS) is 21.6. The molecule has 102 valence electrons. The predicted octanol–water partition coefficient (Wildman–Crippen LogP) is 1.35. The van der Waals surface area contributed by atoms with Gasteiger partial charge in [-0.1, -0.05) is 0 Å². The van der Waals surface area contributed by atoms with Crippen LogP contribution in [-0.4, -0.2) is 32.1 Å². The lowest BCUT2D eigenvalue weighted by Crippen LogP contribution is -2.30. The maximum Gasteiger partial charge on any atom is 0.251 e. The Balaban J connectivity index is 1.62. The Hall–Kier alpha value is -1.55. The first-order chi connectivity index (χ1) is 9.33. The van der Waals surface area contributed by atoms with Crippen molar-refractivity contribution in [2.24, 2.45) is 5.92 Å². The Morgan fingerprint density at radius 3 is 3.26 bits per heavy atom. The van der Waals surface area contributed by atoms with Crippen LogP contribution in [0.15, 0.2) is 18.2 Å². The summed E-state index contributed by atoms with van der Waals surface area (Å²) in [7, 11) is 0. The molecule has 1 unspecified atom stereocenters. The van der Waals surface area contributed by atoms with Gasteiger partial charge in [0.25, 0.3) is 5.91 Å². The highest BCUT2D eigenvalue weighted by Gasteiger charge is 2.17. The van der Waals surface area contributed by atoms with E-state index in [4.69, 9.17) is 4.74 Å². The van der Waals surface area contributed by atoms with Crippen LogP contribution < -0.4 is 15.4 Å². The molecule has 19 heavy (non-hydrogen) atoms. The summed E-state index contributed by atoms with van der Waals surface area (Å²) in [5, 5.41) is 6.34. The second kappa shape index (κ2) is 5.61. The van der Waals surface area contributed by atoms with Gasteiger partial charge in [0.2, 0.25) is 0 Å². The van der Waals surface area contributed by atoms with Crippen LogP contribution in [-0.2, 0) is 6.42 Å². The summed E-state index contributed by atoms with van der Waals surface area (Å²) in [4.78, 5) is 12.1. The first-order valence-corrected chi connectivity index (χ1v) is 7.07. The van der Waals surface area contributed by atoms with E-state index in [9.17, 15) is 4.79 Å². The molecule has 0 aliphatic carbocycles. The van der Waals surface area contributed by atoms with Crippen LogP contribution in [0, 0.1) is 5.92 Å². The van der Waals surface area contributed by atoms with Crippen molar-refractivity contribution in [2.45, 2.75) is 19.3 Å². The molecule has 3 rings (SSSR count). The van der Waals surface area contributed by atoms with Crippen LogP contribution in [0.3, 0.4) is 0 Å². The van der Waals surface area contributed by atoms with E-state index in [1.165, 1.54) is 0 Å². The Morgan fingerprint density at radius 1 is 1.47 bits per heavy atom. The van der Waals surface area contributed by atoms with E-state index in [-0.39, 0.29) is 5.91 Å². The summed E-state index contributed by atoms with van der Waals surface area (Å²) >= 11 is 0. The molecule has 1 saturated heterocycles. The molecule has 2 aliphatic rings. The van der Waals surface area contributed by atoms with E-state index in [1.807, 2.05) is 18.2 Å². The van der Waals surface area contributed by atoms with Crippen molar-refractivity contribution >= 4 is 5.91 Å². The van der Waals surface area contributed by atoms with Crippen LogP contribution in [0.1, 0.15) is 28.8 Å². The smallest absolute Gasteiger partial charge is 0.251 e. The molecule has 0 aromatic heterocycles. The van der Waals surface area contributed by atoms with Crippen molar-refractivity contribution in [3.8, 4) is 5.75 Å². The predicted molar refractivity (Wildman–Crippen MR) is 73.6 cm³/mol. The van der Waals surface area contributed by atoms with Gasteiger partial charge in [0.15, 0.2) is 0 Å². The van der Waals surface area contributed by atoms with E-state index in [0.717, 1.165) is 62.4 Å². The van der Waals surface area contributed by atoms with E-state index in [2.05, 4.69) is 10.6 Å². The molecular formula is C15H20N2O2. The molecule has 4 nitrogen and oxygen atoms in total. The minimum Gasteiger partial charge on any atom is -0.493 e. The molecule has 1 amide bonds. The molecule has 1 fully saturated rings. The third kappa shape index (κ3) is 2.89. The number of fused-ring (bicyclic) bond motifs is 1. The highest BCUT2D eigenvalue weighted by atomic mass is 16.5. The third-order valence-corrected chi connectivity index (χ3v) is 3.88. The van der Waals surface area contributed by atoms with E-state index in [1.54, 1.807) is 0 Å². The van der Waals surface area contributed by atoms with Crippen molar-refractivity contribution in [3.63, 3.8) is 0 Å². The van der Waals surface area contributed by atoms with Crippen molar-refractivity contribution in [1.82, 2.24) is 10.6 Å². The minimum absolute atomic E-state index is 0.0280. The summed E-state index contributed by atoms with van der Waals surface area (Å²) < 4.78 is 5.56. The van der Waals surface area contributed by atoms with Gasteiger partial charge in [0, 0.05) is 12.1 Å². The Kier molecular flexibility index (Phi) is 3.69. The Bertz CT molecular complexity index is 467. The van der Waals surface area contributed by atoms with E-state index < -0.39 is 0 Å². The fourth-order valence-corrected chi connectivity index (χ4v) is 2.73. The lowest BCUT2D eigenvalue weighted by Gasteiger charge is -2.18. The summed E-state index contributed by atoms with van der Waals surface area (Å²) in [6.07, 6.45) is 3.19. The van der Waals surface area contributed by atoms with Crippen molar-refractivity contribution < 1.29 is 9.53 Å². The number of amides is 1. The second-order valence-electron chi connectivity index (χ2n) is 5.34. The standard InChI is InChI=1S/C15H20N2O2/c18-15(17-10-11-5-6-16-9-11)13-3-4-14-12(8-13)2-1-7-19-14/h3-4,8,11,16H,1-2,5-7,9-10H2,(H,17,18). The van der Waals surface area contributed by atoms with E-state index >= 15 is 0 Å². The third-order valence-electron chi connectivity index (χ3n) is 3.88. The van der Waals surface area contributed by atoms with Gasteiger partial charge in [-0.15, -0.1) is 0 Å². The van der Waals surface area contributed by atoms with Gasteiger partial charge in [-0.05, 0) is 62.0 Å². The number of benzene rings is 1. The quantitative estimate of drug-likeness (QED) is 0.862. The fraction of sp³-hybridized carbons (Fsp3) is 0.533. The summed E-state index contributed by atoms with van der Waals surface area (Å²) in [5.41, 5.74) is 1.90. The summed E-state index contributed by atoms with van der Waals surface area (Å²) in [6.45, 7) is 3.63. The highest BCUT2D eigenvalue weighted by molar-refractivity contribution is 5.94. The molecule has 2 heterocycles. The van der Waals surface area contributed by atoms with Crippen LogP contribution in [0.2, 0.25) is 0 Å². The number of rotatable bonds is 3. The molecule has 0 radical (unpaired) electrons. The van der Waals surface area contributed by atoms with Gasteiger partial charge in [0.05, 0.1) is 6.61 Å². The molecule has 1 aromatic rings. The maximum atomic E-state index is 12.1. The summed E-state index contributed by atoms with van der Waals surface area (Å²) in [5.74, 6) is 1.54. The van der Waals surface area contributed by atoms with Gasteiger partial charge in [-0.25, -0.2) is 0 Å². The molecule has 1 atom stereocenters. The number of hydrogen-bond donors (Lipinski definition) is 2. The minimum atomic E-state index is 0.0280. The number of ether oxygens (including phenoxy) is 1. The van der Waals surface area contributed by atoms with Gasteiger partial charge in [0.1, 0.15) is 5.75 Å². The lowest BCUT2D eigenvalue weighted by molar-refractivity contribution is 0.0948. The highest BCUT2D eigenvalue weighted by Crippen LogP contribution is 2.25. The molecule has 0 saturated carbocycles. The fourth-order valence-electron chi connectivity index (χ4n) is 2.73. The van der Waals surface area contributed by atoms with Crippen molar-refractivity contribution in [2.75, 3.05) is 26.2 Å². The lowest BCUT2D eigenvalue weighted by atomic mass is 10.0. The first kappa shape index (κ1) is 12.5. The van der Waals surface area contributed by atoms with Gasteiger partial charge < -0.3 is 15.4 Å². The Morgan fingerprint density at radius 2 is 2.42 bits per heavy atom. The molecule has 0 bridgehead atoms. The largest absolute Gasteiger partial charge is 0.493 e.